The number of nitrogens with one attached hydrogen (secondary N) is 2. The van der Waals surface area contributed by atoms with Crippen molar-refractivity contribution in [1.82, 2.24) is 20.3 Å². The van der Waals surface area contributed by atoms with Gasteiger partial charge in [0, 0.05) is 38.6 Å². The van der Waals surface area contributed by atoms with Crippen molar-refractivity contribution in [3.8, 4) is 11.6 Å². The van der Waals surface area contributed by atoms with Gasteiger partial charge in [-0.25, -0.2) is 14.4 Å². The zero-order chi connectivity index (χ0) is 23.2. The second-order valence-electron chi connectivity index (χ2n) is 8.21. The van der Waals surface area contributed by atoms with Crippen LogP contribution in [-0.2, 0) is 0 Å². The van der Waals surface area contributed by atoms with Gasteiger partial charge in [-0.1, -0.05) is 0 Å². The Morgan fingerprint density at radius 3 is 2.41 bits per heavy atom. The number of nitrogens with zero attached hydrogens (tertiary/aromatic N) is 4. The zero-order valence-corrected chi connectivity index (χ0v) is 19.9. The first-order valence-electron chi connectivity index (χ1n) is 10.9. The van der Waals surface area contributed by atoms with Crippen LogP contribution in [0.25, 0.3) is 0 Å². The summed E-state index contributed by atoms with van der Waals surface area (Å²) in [6, 6.07) is 11.1. The van der Waals surface area contributed by atoms with Crippen molar-refractivity contribution in [2.75, 3.05) is 24.3 Å². The Labute approximate surface area is 204 Å². The van der Waals surface area contributed by atoms with Crippen LogP contribution in [0.15, 0.2) is 54.9 Å². The van der Waals surface area contributed by atoms with Crippen molar-refractivity contribution in [2.45, 2.75) is 37.8 Å². The van der Waals surface area contributed by atoms with Crippen LogP contribution < -0.4 is 20.3 Å². The zero-order valence-electron chi connectivity index (χ0n) is 19.1. The van der Waals surface area contributed by atoms with Crippen LogP contribution in [0.4, 0.5) is 16.2 Å². The molecule has 8 nitrogen and oxygen atoms in total. The van der Waals surface area contributed by atoms with Crippen LogP contribution in [-0.4, -0.2) is 47.0 Å². The van der Waals surface area contributed by atoms with E-state index in [-0.39, 0.29) is 42.1 Å². The van der Waals surface area contributed by atoms with Gasteiger partial charge in [0.1, 0.15) is 22.9 Å². The standard InChI is InChI=1S/C24H27FN6O2.ClH/c1-31(2)21-13-15-27-24(30-21)29-18-9-7-17(8-10-18)28-22(32)20-4-3-14-26-23(20)33-19-11-5-16(25)6-12-19;/h3-6,11-15,17-18H,7-10H2,1-2H3,(H,28,32)(H,27,29,30);1H. The summed E-state index contributed by atoms with van der Waals surface area (Å²) in [6.45, 7) is 0. The summed E-state index contributed by atoms with van der Waals surface area (Å²) in [4.78, 5) is 27.9. The molecule has 0 bridgehead atoms. The van der Waals surface area contributed by atoms with E-state index in [9.17, 15) is 9.18 Å². The lowest BCUT2D eigenvalue weighted by Gasteiger charge is -2.30. The average Bonchev–Trinajstić information content (AvgIpc) is 2.82. The molecule has 1 saturated carbocycles. The minimum Gasteiger partial charge on any atom is -0.438 e. The van der Waals surface area contributed by atoms with E-state index >= 15 is 0 Å². The minimum atomic E-state index is -0.358. The fourth-order valence-corrected chi connectivity index (χ4v) is 3.75. The second-order valence-corrected chi connectivity index (χ2v) is 8.21. The number of halogens is 2. The predicted octanol–water partition coefficient (Wildman–Crippen LogP) is 4.44. The third kappa shape index (κ3) is 6.54. The number of hydrogen-bond donors (Lipinski definition) is 2. The Morgan fingerprint density at radius 2 is 1.71 bits per heavy atom. The first kappa shape index (κ1) is 25.2. The normalized spacial score (nSPS) is 17.3. The number of carbonyl (C=O) groups excluding carboxylic acids is 1. The van der Waals surface area contributed by atoms with Crippen LogP contribution in [0.5, 0.6) is 11.6 Å². The fraction of sp³-hybridized carbons (Fsp3) is 0.333. The summed E-state index contributed by atoms with van der Waals surface area (Å²) >= 11 is 0. The Balaban J connectivity index is 0.00000324. The summed E-state index contributed by atoms with van der Waals surface area (Å²) in [7, 11) is 3.89. The van der Waals surface area contributed by atoms with Crippen molar-refractivity contribution in [3.63, 3.8) is 0 Å². The van der Waals surface area contributed by atoms with Crippen LogP contribution >= 0.6 is 12.4 Å². The molecule has 1 aromatic carbocycles. The molecule has 34 heavy (non-hydrogen) atoms. The van der Waals surface area contributed by atoms with E-state index in [4.69, 9.17) is 4.74 Å². The van der Waals surface area contributed by atoms with Gasteiger partial charge in [0.05, 0.1) is 0 Å². The first-order chi connectivity index (χ1) is 16.0. The molecule has 0 radical (unpaired) electrons. The fourth-order valence-electron chi connectivity index (χ4n) is 3.75. The van der Waals surface area contributed by atoms with Crippen LogP contribution in [0.3, 0.4) is 0 Å². The number of carbonyl (C=O) groups is 1. The predicted molar refractivity (Wildman–Crippen MR) is 131 cm³/mol. The third-order valence-electron chi connectivity index (χ3n) is 5.54. The highest BCUT2D eigenvalue weighted by Gasteiger charge is 2.25. The summed E-state index contributed by atoms with van der Waals surface area (Å²) < 4.78 is 18.9. The Kier molecular flexibility index (Phi) is 8.59. The number of benzene rings is 1. The summed E-state index contributed by atoms with van der Waals surface area (Å²) in [5.41, 5.74) is 0.343. The number of amides is 1. The Bertz CT molecular complexity index is 1090. The molecule has 0 unspecified atom stereocenters. The van der Waals surface area contributed by atoms with E-state index in [1.54, 1.807) is 24.5 Å². The smallest absolute Gasteiger partial charge is 0.257 e. The summed E-state index contributed by atoms with van der Waals surface area (Å²) in [5.74, 6) is 1.48. The number of pyridine rings is 1. The van der Waals surface area contributed by atoms with Gasteiger partial charge in [-0.3, -0.25) is 4.79 Å². The van der Waals surface area contributed by atoms with Gasteiger partial charge < -0.3 is 20.3 Å². The van der Waals surface area contributed by atoms with E-state index in [0.29, 0.717) is 17.3 Å². The Morgan fingerprint density at radius 1 is 1.00 bits per heavy atom. The molecule has 10 heteroatoms. The number of rotatable bonds is 7. The van der Waals surface area contributed by atoms with E-state index in [1.807, 2.05) is 25.1 Å². The molecule has 1 amide bonds. The van der Waals surface area contributed by atoms with Gasteiger partial charge in [-0.2, -0.15) is 4.98 Å². The number of anilines is 2. The van der Waals surface area contributed by atoms with Gasteiger partial charge in [0.2, 0.25) is 11.8 Å². The maximum absolute atomic E-state index is 13.1. The third-order valence-corrected chi connectivity index (χ3v) is 5.54. The van der Waals surface area contributed by atoms with Crippen LogP contribution in [0.1, 0.15) is 36.0 Å². The van der Waals surface area contributed by atoms with Gasteiger partial charge in [-0.05, 0) is 68.1 Å². The molecule has 0 spiro atoms. The molecule has 2 aromatic heterocycles. The molecule has 0 atom stereocenters. The maximum atomic E-state index is 13.1. The quantitative estimate of drug-likeness (QED) is 0.510. The van der Waals surface area contributed by atoms with Crippen LogP contribution in [0, 0.1) is 5.82 Å². The van der Waals surface area contributed by atoms with E-state index in [1.165, 1.54) is 24.3 Å². The largest absolute Gasteiger partial charge is 0.438 e. The van der Waals surface area contributed by atoms with Gasteiger partial charge >= 0.3 is 0 Å². The highest BCUT2D eigenvalue weighted by Crippen LogP contribution is 2.25. The molecule has 3 aromatic rings. The van der Waals surface area contributed by atoms with Gasteiger partial charge in [-0.15, -0.1) is 12.4 Å². The van der Waals surface area contributed by atoms with E-state index < -0.39 is 0 Å². The van der Waals surface area contributed by atoms with Gasteiger partial charge in [0.15, 0.2) is 0 Å². The maximum Gasteiger partial charge on any atom is 0.257 e. The summed E-state index contributed by atoms with van der Waals surface area (Å²) in [6.07, 6.45) is 6.77. The lowest BCUT2D eigenvalue weighted by Crippen LogP contribution is -2.40. The van der Waals surface area contributed by atoms with Crippen molar-refractivity contribution in [2.24, 2.45) is 0 Å². The molecule has 0 aliphatic heterocycles. The van der Waals surface area contributed by atoms with Crippen molar-refractivity contribution in [3.05, 3.63) is 66.2 Å². The molecular formula is C24H28ClFN6O2. The van der Waals surface area contributed by atoms with Crippen molar-refractivity contribution in [1.29, 1.82) is 0 Å². The number of ether oxygens (including phenoxy) is 1. The minimum absolute atomic E-state index is 0. The number of aromatic nitrogens is 3. The topological polar surface area (TPSA) is 92.3 Å². The lowest BCUT2D eigenvalue weighted by molar-refractivity contribution is 0.0923. The number of hydrogen-bond acceptors (Lipinski definition) is 7. The average molecular weight is 487 g/mol. The van der Waals surface area contributed by atoms with E-state index in [2.05, 4.69) is 25.6 Å². The molecule has 1 fully saturated rings. The molecule has 180 valence electrons. The van der Waals surface area contributed by atoms with Crippen molar-refractivity contribution < 1.29 is 13.9 Å². The highest BCUT2D eigenvalue weighted by atomic mass is 35.5. The Hall–Kier alpha value is -3.46. The van der Waals surface area contributed by atoms with Gasteiger partial charge in [0.25, 0.3) is 5.91 Å². The first-order valence-corrected chi connectivity index (χ1v) is 10.9. The molecular weight excluding hydrogens is 459 g/mol. The molecule has 2 heterocycles. The molecule has 1 aliphatic carbocycles. The molecule has 0 saturated heterocycles. The van der Waals surface area contributed by atoms with Crippen LogP contribution in [0.2, 0.25) is 0 Å². The molecule has 4 rings (SSSR count). The molecule has 1 aliphatic rings. The van der Waals surface area contributed by atoms with E-state index in [0.717, 1.165) is 31.5 Å². The SMILES string of the molecule is CN(C)c1ccnc(NC2CCC(NC(=O)c3cccnc3Oc3ccc(F)cc3)CC2)n1.Cl. The second kappa shape index (κ2) is 11.6. The van der Waals surface area contributed by atoms with Crippen molar-refractivity contribution >= 4 is 30.1 Å². The monoisotopic (exact) mass is 486 g/mol. The molecule has 2 N–H and O–H groups in total. The highest BCUT2D eigenvalue weighted by molar-refractivity contribution is 5.96. The lowest BCUT2D eigenvalue weighted by atomic mass is 9.91. The summed E-state index contributed by atoms with van der Waals surface area (Å²) in [5, 5.41) is 6.50.